The smallest absolute Gasteiger partial charge is 0.228 e. The van der Waals surface area contributed by atoms with Crippen LogP contribution in [0.1, 0.15) is 12.8 Å². The van der Waals surface area contributed by atoms with Crippen LogP contribution < -0.4 is 5.32 Å². The molecule has 0 bridgehead atoms. The number of amides is 1. The summed E-state index contributed by atoms with van der Waals surface area (Å²) in [6.45, 7) is 3.33. The highest BCUT2D eigenvalue weighted by atomic mass is 16.5. The second-order valence-corrected chi connectivity index (χ2v) is 4.16. The molecule has 2 unspecified atom stereocenters. The second-order valence-electron chi connectivity index (χ2n) is 4.16. The van der Waals surface area contributed by atoms with Gasteiger partial charge in [-0.2, -0.15) is 0 Å². The minimum atomic E-state index is 0.112. The Kier molecular flexibility index (Phi) is 3.03. The van der Waals surface area contributed by atoms with Gasteiger partial charge < -0.3 is 15.0 Å². The van der Waals surface area contributed by atoms with Crippen LogP contribution in [0.4, 0.5) is 0 Å². The third-order valence-electron chi connectivity index (χ3n) is 3.21. The molecule has 2 fully saturated rings. The number of nitrogens with one attached hydrogen (secondary N) is 1. The molecular formula is C10H18N2O2. The SMILES string of the molecule is CN(C(=O)C1CCOC1)C1CCNC1. The number of likely N-dealkylation sites (N-methyl/N-ethyl adjacent to an activating group) is 1. The standard InChI is InChI=1S/C10H18N2O2/c1-12(9-2-4-11-6-9)10(13)8-3-5-14-7-8/h8-9,11H,2-7H2,1H3. The van der Waals surface area contributed by atoms with Crippen LogP contribution in [0.3, 0.4) is 0 Å². The molecule has 1 N–H and O–H groups in total. The first kappa shape index (κ1) is 9.93. The minimum absolute atomic E-state index is 0.112. The molecule has 2 saturated heterocycles. The number of carbonyl (C=O) groups is 1. The van der Waals surface area contributed by atoms with Crippen molar-refractivity contribution in [1.82, 2.24) is 10.2 Å². The van der Waals surface area contributed by atoms with E-state index in [1.54, 1.807) is 0 Å². The Morgan fingerprint density at radius 1 is 1.50 bits per heavy atom. The van der Waals surface area contributed by atoms with Crippen molar-refractivity contribution in [2.75, 3.05) is 33.4 Å². The van der Waals surface area contributed by atoms with E-state index in [4.69, 9.17) is 4.74 Å². The number of rotatable bonds is 2. The summed E-state index contributed by atoms with van der Waals surface area (Å²) in [5.41, 5.74) is 0. The highest BCUT2D eigenvalue weighted by molar-refractivity contribution is 5.79. The normalized spacial score (nSPS) is 32.1. The van der Waals surface area contributed by atoms with Crippen LogP contribution in [0.5, 0.6) is 0 Å². The molecule has 0 aromatic heterocycles. The first-order chi connectivity index (χ1) is 6.79. The Labute approximate surface area is 84.6 Å². The zero-order chi connectivity index (χ0) is 9.97. The van der Waals surface area contributed by atoms with Crippen LogP contribution in [0.25, 0.3) is 0 Å². The van der Waals surface area contributed by atoms with E-state index in [9.17, 15) is 4.79 Å². The quantitative estimate of drug-likeness (QED) is 0.670. The van der Waals surface area contributed by atoms with Gasteiger partial charge in [-0.25, -0.2) is 0 Å². The highest BCUT2D eigenvalue weighted by Crippen LogP contribution is 2.17. The molecule has 0 aromatic carbocycles. The van der Waals surface area contributed by atoms with Crippen molar-refractivity contribution in [2.24, 2.45) is 5.92 Å². The van der Waals surface area contributed by atoms with Gasteiger partial charge in [-0.15, -0.1) is 0 Å². The third kappa shape index (κ3) is 1.91. The van der Waals surface area contributed by atoms with Crippen molar-refractivity contribution in [1.29, 1.82) is 0 Å². The molecule has 14 heavy (non-hydrogen) atoms. The van der Waals surface area contributed by atoms with Crippen LogP contribution in [0.15, 0.2) is 0 Å². The van der Waals surface area contributed by atoms with Crippen molar-refractivity contribution in [3.8, 4) is 0 Å². The first-order valence-corrected chi connectivity index (χ1v) is 5.34. The van der Waals surface area contributed by atoms with E-state index >= 15 is 0 Å². The van der Waals surface area contributed by atoms with E-state index in [0.717, 1.165) is 32.5 Å². The predicted molar refractivity (Wildman–Crippen MR) is 53.0 cm³/mol. The summed E-state index contributed by atoms with van der Waals surface area (Å²) in [4.78, 5) is 13.9. The van der Waals surface area contributed by atoms with Gasteiger partial charge in [-0.05, 0) is 19.4 Å². The molecule has 2 aliphatic rings. The summed E-state index contributed by atoms with van der Waals surface area (Å²) >= 11 is 0. The molecule has 4 heteroatoms. The van der Waals surface area contributed by atoms with Crippen LogP contribution in [0, 0.1) is 5.92 Å². The average molecular weight is 198 g/mol. The monoisotopic (exact) mass is 198 g/mol. The molecule has 4 nitrogen and oxygen atoms in total. The molecule has 0 saturated carbocycles. The van der Waals surface area contributed by atoms with E-state index in [-0.39, 0.29) is 11.8 Å². The molecular weight excluding hydrogens is 180 g/mol. The zero-order valence-corrected chi connectivity index (χ0v) is 8.66. The van der Waals surface area contributed by atoms with Crippen LogP contribution in [0.2, 0.25) is 0 Å². The fraction of sp³-hybridized carbons (Fsp3) is 0.900. The maximum Gasteiger partial charge on any atom is 0.228 e. The van der Waals surface area contributed by atoms with Gasteiger partial charge >= 0.3 is 0 Å². The number of carbonyl (C=O) groups excluding carboxylic acids is 1. The lowest BCUT2D eigenvalue weighted by Gasteiger charge is -2.26. The highest BCUT2D eigenvalue weighted by Gasteiger charge is 2.30. The fourth-order valence-corrected chi connectivity index (χ4v) is 2.17. The molecule has 2 aliphatic heterocycles. The molecule has 2 atom stereocenters. The summed E-state index contributed by atoms with van der Waals surface area (Å²) in [6, 6.07) is 0.392. The Morgan fingerprint density at radius 2 is 2.36 bits per heavy atom. The van der Waals surface area contributed by atoms with Crippen LogP contribution in [-0.4, -0.2) is 50.2 Å². The molecule has 2 heterocycles. The third-order valence-corrected chi connectivity index (χ3v) is 3.21. The van der Waals surface area contributed by atoms with Gasteiger partial charge in [0, 0.05) is 26.2 Å². The van der Waals surface area contributed by atoms with Crippen molar-refractivity contribution in [2.45, 2.75) is 18.9 Å². The minimum Gasteiger partial charge on any atom is -0.381 e. The summed E-state index contributed by atoms with van der Waals surface area (Å²) in [5, 5.41) is 3.27. The van der Waals surface area contributed by atoms with E-state index in [2.05, 4.69) is 5.32 Å². The Hall–Kier alpha value is -0.610. The lowest BCUT2D eigenvalue weighted by Crippen LogP contribution is -2.41. The summed E-state index contributed by atoms with van der Waals surface area (Å²) in [5.74, 6) is 0.372. The first-order valence-electron chi connectivity index (χ1n) is 5.34. The molecule has 2 rings (SSSR count). The van der Waals surface area contributed by atoms with Gasteiger partial charge in [0.15, 0.2) is 0 Å². The largest absolute Gasteiger partial charge is 0.381 e. The van der Waals surface area contributed by atoms with Gasteiger partial charge in [-0.3, -0.25) is 4.79 Å². The number of hydrogen-bond donors (Lipinski definition) is 1. The number of ether oxygens (including phenoxy) is 1. The second kappa shape index (κ2) is 4.28. The molecule has 1 amide bonds. The van der Waals surface area contributed by atoms with Gasteiger partial charge in [-0.1, -0.05) is 0 Å². The number of nitrogens with zero attached hydrogens (tertiary/aromatic N) is 1. The Balaban J connectivity index is 1.89. The van der Waals surface area contributed by atoms with Gasteiger partial charge in [0.2, 0.25) is 5.91 Å². The Bertz CT molecular complexity index is 208. The lowest BCUT2D eigenvalue weighted by atomic mass is 10.1. The summed E-state index contributed by atoms with van der Waals surface area (Å²) in [7, 11) is 1.92. The van der Waals surface area contributed by atoms with Crippen molar-refractivity contribution in [3.05, 3.63) is 0 Å². The van der Waals surface area contributed by atoms with E-state index in [1.807, 2.05) is 11.9 Å². The van der Waals surface area contributed by atoms with Crippen LogP contribution in [-0.2, 0) is 9.53 Å². The van der Waals surface area contributed by atoms with E-state index < -0.39 is 0 Å². The summed E-state index contributed by atoms with van der Waals surface area (Å²) < 4.78 is 5.23. The lowest BCUT2D eigenvalue weighted by molar-refractivity contribution is -0.135. The molecule has 0 aromatic rings. The average Bonchev–Trinajstić information content (AvgIpc) is 2.87. The van der Waals surface area contributed by atoms with Crippen LogP contribution >= 0.6 is 0 Å². The maximum atomic E-state index is 12.0. The van der Waals surface area contributed by atoms with E-state index in [1.165, 1.54) is 0 Å². The Morgan fingerprint density at radius 3 is 2.93 bits per heavy atom. The van der Waals surface area contributed by atoms with Crippen molar-refractivity contribution >= 4 is 5.91 Å². The molecule has 0 spiro atoms. The molecule has 80 valence electrons. The predicted octanol–water partition coefficient (Wildman–Crippen LogP) is -0.157. The zero-order valence-electron chi connectivity index (χ0n) is 8.66. The molecule has 0 aliphatic carbocycles. The van der Waals surface area contributed by atoms with Crippen molar-refractivity contribution in [3.63, 3.8) is 0 Å². The topological polar surface area (TPSA) is 41.6 Å². The van der Waals surface area contributed by atoms with Gasteiger partial charge in [0.05, 0.1) is 12.5 Å². The summed E-state index contributed by atoms with van der Waals surface area (Å²) in [6.07, 6.45) is 1.97. The maximum absolute atomic E-state index is 12.0. The number of hydrogen-bond acceptors (Lipinski definition) is 3. The van der Waals surface area contributed by atoms with Gasteiger partial charge in [0.1, 0.15) is 0 Å². The fourth-order valence-electron chi connectivity index (χ4n) is 2.17. The van der Waals surface area contributed by atoms with Gasteiger partial charge in [0.25, 0.3) is 0 Å². The van der Waals surface area contributed by atoms with Crippen molar-refractivity contribution < 1.29 is 9.53 Å². The van der Waals surface area contributed by atoms with E-state index in [0.29, 0.717) is 12.6 Å². The molecule has 0 radical (unpaired) electrons.